The van der Waals surface area contributed by atoms with Gasteiger partial charge in [-0.25, -0.2) is 9.50 Å². The Balaban J connectivity index is 1.42. The standard InChI is InChI=1S/C22H13Cl2F3N6OS/c23-14-4-2-1-3-12(14)10-32-11-13(9-28-32)29-21(34)16-8-20-30-15(17-5-6-19(24)35-17)7-18(22(25,26)27)33(20)31-16/h1-9,11H,10H2,(H,29,34). The van der Waals surface area contributed by atoms with Gasteiger partial charge >= 0.3 is 6.18 Å². The maximum absolute atomic E-state index is 13.8. The monoisotopic (exact) mass is 536 g/mol. The van der Waals surface area contributed by atoms with E-state index in [4.69, 9.17) is 23.2 Å². The predicted molar refractivity (Wildman–Crippen MR) is 127 cm³/mol. The Bertz CT molecular complexity index is 1560. The Kier molecular flexibility index (Phi) is 5.99. The largest absolute Gasteiger partial charge is 0.433 e. The molecule has 13 heteroatoms. The van der Waals surface area contributed by atoms with Crippen molar-refractivity contribution in [2.45, 2.75) is 12.7 Å². The van der Waals surface area contributed by atoms with E-state index < -0.39 is 17.8 Å². The summed E-state index contributed by atoms with van der Waals surface area (Å²) >= 11 is 13.2. The zero-order chi connectivity index (χ0) is 24.7. The van der Waals surface area contributed by atoms with E-state index in [0.717, 1.165) is 23.0 Å². The summed E-state index contributed by atoms with van der Waals surface area (Å²) in [6.07, 6.45) is -1.73. The van der Waals surface area contributed by atoms with Crippen molar-refractivity contribution in [2.75, 3.05) is 5.32 Å². The van der Waals surface area contributed by atoms with Crippen molar-refractivity contribution in [1.82, 2.24) is 24.4 Å². The van der Waals surface area contributed by atoms with Gasteiger partial charge in [0.05, 0.1) is 33.3 Å². The van der Waals surface area contributed by atoms with Gasteiger partial charge in [-0.3, -0.25) is 9.48 Å². The summed E-state index contributed by atoms with van der Waals surface area (Å²) in [4.78, 5) is 17.5. The van der Waals surface area contributed by atoms with Crippen LogP contribution in [0.4, 0.5) is 18.9 Å². The molecular formula is C22H13Cl2F3N6OS. The number of benzene rings is 1. The minimum absolute atomic E-state index is 0.0782. The number of alkyl halides is 3. The van der Waals surface area contributed by atoms with Crippen LogP contribution in [-0.2, 0) is 12.7 Å². The number of amides is 1. The third-order valence-electron chi connectivity index (χ3n) is 4.96. The van der Waals surface area contributed by atoms with Crippen molar-refractivity contribution in [3.8, 4) is 10.6 Å². The fraction of sp³-hybridized carbons (Fsp3) is 0.0909. The van der Waals surface area contributed by atoms with Crippen LogP contribution in [0, 0.1) is 0 Å². The molecule has 0 saturated carbocycles. The molecule has 7 nitrogen and oxygen atoms in total. The van der Waals surface area contributed by atoms with Crippen LogP contribution >= 0.6 is 34.5 Å². The van der Waals surface area contributed by atoms with E-state index >= 15 is 0 Å². The molecule has 4 aromatic heterocycles. The average molecular weight is 537 g/mol. The van der Waals surface area contributed by atoms with Crippen LogP contribution in [0.15, 0.2) is 60.9 Å². The van der Waals surface area contributed by atoms with Crippen molar-refractivity contribution in [1.29, 1.82) is 0 Å². The molecule has 1 aromatic carbocycles. The molecule has 5 rings (SSSR count). The minimum atomic E-state index is -4.73. The van der Waals surface area contributed by atoms with E-state index in [1.54, 1.807) is 29.1 Å². The molecule has 0 aliphatic carbocycles. The van der Waals surface area contributed by atoms with Gasteiger partial charge in [0.15, 0.2) is 17.0 Å². The van der Waals surface area contributed by atoms with Crippen molar-refractivity contribution in [3.63, 3.8) is 0 Å². The number of fused-ring (bicyclic) bond motifs is 1. The number of halogens is 5. The van der Waals surface area contributed by atoms with Crippen LogP contribution in [-0.4, -0.2) is 30.3 Å². The Labute approximate surface area is 209 Å². The third kappa shape index (κ3) is 4.88. The SMILES string of the molecule is O=C(Nc1cnn(Cc2ccccc2Cl)c1)c1cc2nc(-c3ccc(Cl)s3)cc(C(F)(F)F)n2n1. The van der Waals surface area contributed by atoms with E-state index in [1.807, 2.05) is 18.2 Å². The highest BCUT2D eigenvalue weighted by Gasteiger charge is 2.36. The fourth-order valence-corrected chi connectivity index (χ4v) is 4.58. The lowest BCUT2D eigenvalue weighted by Crippen LogP contribution is -2.15. The Morgan fingerprint density at radius 1 is 1.11 bits per heavy atom. The molecule has 0 atom stereocenters. The van der Waals surface area contributed by atoms with Gasteiger partial charge in [-0.1, -0.05) is 41.4 Å². The molecule has 0 bridgehead atoms. The smallest absolute Gasteiger partial charge is 0.318 e. The number of carbonyl (C=O) groups excluding carboxylic acids is 1. The molecular weight excluding hydrogens is 524 g/mol. The van der Waals surface area contributed by atoms with Crippen LogP contribution in [0.3, 0.4) is 0 Å². The number of aromatic nitrogens is 5. The molecule has 1 amide bonds. The molecule has 0 unspecified atom stereocenters. The Morgan fingerprint density at radius 2 is 1.91 bits per heavy atom. The number of nitrogens with one attached hydrogen (secondary N) is 1. The first-order valence-corrected chi connectivity index (χ1v) is 11.6. The average Bonchev–Trinajstić information content (AvgIpc) is 3.53. The maximum Gasteiger partial charge on any atom is 0.433 e. The van der Waals surface area contributed by atoms with Gasteiger partial charge in [0, 0.05) is 17.3 Å². The van der Waals surface area contributed by atoms with E-state index in [-0.39, 0.29) is 17.0 Å². The minimum Gasteiger partial charge on any atom is -0.318 e. The van der Waals surface area contributed by atoms with Gasteiger partial charge < -0.3 is 5.32 Å². The third-order valence-corrected chi connectivity index (χ3v) is 6.58. The quantitative estimate of drug-likeness (QED) is 0.286. The van der Waals surface area contributed by atoms with Crippen molar-refractivity contribution in [2.24, 2.45) is 0 Å². The first-order valence-electron chi connectivity index (χ1n) is 9.98. The molecule has 4 heterocycles. The van der Waals surface area contributed by atoms with Crippen LogP contribution < -0.4 is 5.32 Å². The van der Waals surface area contributed by atoms with Crippen molar-refractivity contribution < 1.29 is 18.0 Å². The molecule has 0 saturated heterocycles. The van der Waals surface area contributed by atoms with E-state index in [1.165, 1.54) is 12.3 Å². The van der Waals surface area contributed by atoms with Crippen molar-refractivity contribution >= 4 is 51.8 Å². The van der Waals surface area contributed by atoms with E-state index in [0.29, 0.717) is 31.0 Å². The van der Waals surface area contributed by atoms with Crippen LogP contribution in [0.5, 0.6) is 0 Å². The zero-order valence-electron chi connectivity index (χ0n) is 17.4. The van der Waals surface area contributed by atoms with Gasteiger partial charge in [0.25, 0.3) is 5.91 Å². The molecule has 1 N–H and O–H groups in total. The van der Waals surface area contributed by atoms with Crippen LogP contribution in [0.25, 0.3) is 16.2 Å². The number of nitrogens with zero attached hydrogens (tertiary/aromatic N) is 5. The van der Waals surface area contributed by atoms with Gasteiger partial charge in [-0.05, 0) is 29.8 Å². The number of carbonyl (C=O) groups is 1. The summed E-state index contributed by atoms with van der Waals surface area (Å²) < 4.78 is 43.9. The van der Waals surface area contributed by atoms with Gasteiger partial charge in [0.1, 0.15) is 0 Å². The maximum atomic E-state index is 13.8. The Morgan fingerprint density at radius 3 is 2.63 bits per heavy atom. The summed E-state index contributed by atoms with van der Waals surface area (Å²) in [5.74, 6) is -0.707. The summed E-state index contributed by atoms with van der Waals surface area (Å²) in [6, 6.07) is 12.5. The normalized spacial score (nSPS) is 11.8. The summed E-state index contributed by atoms with van der Waals surface area (Å²) in [5.41, 5.74) is -0.161. The molecule has 0 radical (unpaired) electrons. The first kappa shape index (κ1) is 23.3. The van der Waals surface area contributed by atoms with Crippen molar-refractivity contribution in [3.05, 3.63) is 87.2 Å². The number of hydrogen-bond donors (Lipinski definition) is 1. The molecule has 35 heavy (non-hydrogen) atoms. The number of rotatable bonds is 5. The van der Waals surface area contributed by atoms with Gasteiger partial charge in [-0.2, -0.15) is 23.4 Å². The van der Waals surface area contributed by atoms with E-state index in [9.17, 15) is 18.0 Å². The van der Waals surface area contributed by atoms with E-state index in [2.05, 4.69) is 20.5 Å². The molecule has 5 aromatic rings. The Hall–Kier alpha value is -3.41. The second kappa shape index (κ2) is 8.99. The summed E-state index contributed by atoms with van der Waals surface area (Å²) in [6.45, 7) is 0.373. The highest BCUT2D eigenvalue weighted by molar-refractivity contribution is 7.19. The lowest BCUT2D eigenvalue weighted by molar-refractivity contribution is -0.142. The number of anilines is 1. The summed E-state index contributed by atoms with van der Waals surface area (Å²) in [7, 11) is 0. The highest BCUT2D eigenvalue weighted by atomic mass is 35.5. The predicted octanol–water partition coefficient (Wildman–Crippen LogP) is 6.28. The van der Waals surface area contributed by atoms with Gasteiger partial charge in [-0.15, -0.1) is 11.3 Å². The van der Waals surface area contributed by atoms with Gasteiger partial charge in [0.2, 0.25) is 0 Å². The molecule has 0 aliphatic rings. The second-order valence-corrected chi connectivity index (χ2v) is 9.52. The summed E-state index contributed by atoms with van der Waals surface area (Å²) in [5, 5.41) is 11.2. The lowest BCUT2D eigenvalue weighted by atomic mass is 10.2. The second-order valence-electron chi connectivity index (χ2n) is 7.40. The number of thiophene rings is 1. The first-order chi connectivity index (χ1) is 16.7. The molecule has 0 aliphatic heterocycles. The molecule has 0 spiro atoms. The van der Waals surface area contributed by atoms with Crippen LogP contribution in [0.1, 0.15) is 21.7 Å². The lowest BCUT2D eigenvalue weighted by Gasteiger charge is -2.10. The number of hydrogen-bond acceptors (Lipinski definition) is 5. The molecule has 0 fully saturated rings. The fourth-order valence-electron chi connectivity index (χ4n) is 3.38. The topological polar surface area (TPSA) is 77.1 Å². The van der Waals surface area contributed by atoms with Crippen LogP contribution in [0.2, 0.25) is 9.36 Å². The molecule has 178 valence electrons. The zero-order valence-corrected chi connectivity index (χ0v) is 19.8. The highest BCUT2D eigenvalue weighted by Crippen LogP contribution is 2.35.